The van der Waals surface area contributed by atoms with E-state index in [1.165, 1.54) is 19.1 Å². The van der Waals surface area contributed by atoms with Crippen molar-refractivity contribution >= 4 is 11.6 Å². The van der Waals surface area contributed by atoms with Crippen molar-refractivity contribution in [3.63, 3.8) is 0 Å². The van der Waals surface area contributed by atoms with Crippen LogP contribution in [0.3, 0.4) is 0 Å². The van der Waals surface area contributed by atoms with Crippen molar-refractivity contribution < 1.29 is 14.3 Å². The van der Waals surface area contributed by atoms with Crippen molar-refractivity contribution in [1.82, 2.24) is 9.55 Å². The minimum atomic E-state index is -1.51. The summed E-state index contributed by atoms with van der Waals surface area (Å²) in [5.41, 5.74) is 3.85. The van der Waals surface area contributed by atoms with Gasteiger partial charge in [-0.05, 0) is 58.0 Å². The first-order valence-electron chi connectivity index (χ1n) is 15.4. The zero-order chi connectivity index (χ0) is 32.3. The van der Waals surface area contributed by atoms with E-state index in [0.29, 0.717) is 28.1 Å². The van der Waals surface area contributed by atoms with Gasteiger partial charge >= 0.3 is 0 Å². The fourth-order valence-electron chi connectivity index (χ4n) is 6.41. The molecule has 1 heterocycles. The molecular formula is C40H36FN3O2. The van der Waals surface area contributed by atoms with Gasteiger partial charge in [0.15, 0.2) is 0 Å². The first-order valence-corrected chi connectivity index (χ1v) is 15.4. The van der Waals surface area contributed by atoms with Crippen LogP contribution in [0.25, 0.3) is 11.1 Å². The first-order chi connectivity index (χ1) is 22.2. The van der Waals surface area contributed by atoms with Crippen molar-refractivity contribution in [2.24, 2.45) is 5.92 Å². The van der Waals surface area contributed by atoms with E-state index < -0.39 is 11.1 Å². The van der Waals surface area contributed by atoms with Crippen LogP contribution in [0, 0.1) is 11.7 Å². The molecule has 1 unspecified atom stereocenters. The number of halogens is 1. The van der Waals surface area contributed by atoms with Crippen LogP contribution < -0.4 is 5.32 Å². The van der Waals surface area contributed by atoms with Crippen molar-refractivity contribution in [3.8, 4) is 11.1 Å². The van der Waals surface area contributed by atoms with Crippen LogP contribution in [-0.2, 0) is 15.9 Å². The smallest absolute Gasteiger partial charge is 0.221 e. The van der Waals surface area contributed by atoms with Crippen molar-refractivity contribution in [2.45, 2.75) is 31.9 Å². The van der Waals surface area contributed by atoms with Crippen LogP contribution >= 0.6 is 0 Å². The summed E-state index contributed by atoms with van der Waals surface area (Å²) in [4.78, 5) is 17.0. The molecule has 1 atom stereocenters. The fourth-order valence-corrected chi connectivity index (χ4v) is 6.41. The fraction of sp³-hybridized carbons (Fsp3) is 0.150. The number of imidazole rings is 1. The number of rotatable bonds is 9. The number of amides is 1. The van der Waals surface area contributed by atoms with Crippen LogP contribution in [0.4, 0.5) is 10.1 Å². The molecule has 0 bridgehead atoms. The minimum Gasteiger partial charge on any atom is -0.378 e. The van der Waals surface area contributed by atoms with E-state index in [9.17, 15) is 14.3 Å². The zero-order valence-electron chi connectivity index (χ0n) is 26.1. The third-order valence-electron chi connectivity index (χ3n) is 8.70. The minimum absolute atomic E-state index is 0.229. The van der Waals surface area contributed by atoms with Gasteiger partial charge in [0.1, 0.15) is 17.0 Å². The first kappa shape index (κ1) is 30.7. The highest BCUT2D eigenvalue weighted by Gasteiger charge is 2.42. The molecule has 0 saturated heterocycles. The second-order valence-corrected chi connectivity index (χ2v) is 11.8. The Labute approximate surface area is 269 Å². The van der Waals surface area contributed by atoms with Crippen LogP contribution in [0.1, 0.15) is 48.7 Å². The van der Waals surface area contributed by atoms with Crippen molar-refractivity contribution in [1.29, 1.82) is 0 Å². The molecule has 1 amide bonds. The summed E-state index contributed by atoms with van der Waals surface area (Å²) >= 11 is 0. The van der Waals surface area contributed by atoms with E-state index >= 15 is 0 Å². The average Bonchev–Trinajstić information content (AvgIpc) is 3.58. The second kappa shape index (κ2) is 12.6. The van der Waals surface area contributed by atoms with Crippen LogP contribution in [0.5, 0.6) is 0 Å². The Kier molecular flexibility index (Phi) is 8.39. The normalized spacial score (nSPS) is 12.9. The third kappa shape index (κ3) is 5.41. The number of aliphatic hydroxyl groups is 1. The Bertz CT molecular complexity index is 1840. The number of aromatic nitrogens is 2. The lowest BCUT2D eigenvalue weighted by atomic mass is 9.76. The molecule has 2 N–H and O–H groups in total. The molecular weight excluding hydrogens is 573 g/mol. The van der Waals surface area contributed by atoms with E-state index in [4.69, 9.17) is 4.98 Å². The molecule has 1 aromatic heterocycles. The number of hydrogen-bond acceptors (Lipinski definition) is 3. The number of nitrogens with zero attached hydrogens (tertiary/aromatic N) is 2. The molecule has 0 spiro atoms. The predicted octanol–water partition coefficient (Wildman–Crippen LogP) is 8.38. The highest BCUT2D eigenvalue weighted by Crippen LogP contribution is 2.44. The summed E-state index contributed by atoms with van der Waals surface area (Å²) in [6.45, 7) is 5.35. The maximum atomic E-state index is 13.9. The van der Waals surface area contributed by atoms with Gasteiger partial charge in [-0.15, -0.1) is 0 Å². The Morgan fingerprint density at radius 1 is 0.761 bits per heavy atom. The molecule has 5 nitrogen and oxygen atoms in total. The summed E-state index contributed by atoms with van der Waals surface area (Å²) < 4.78 is 15.9. The summed E-state index contributed by atoms with van der Waals surface area (Å²) in [7, 11) is 0. The Morgan fingerprint density at radius 3 is 1.76 bits per heavy atom. The second-order valence-electron chi connectivity index (χ2n) is 11.8. The number of anilines is 1. The topological polar surface area (TPSA) is 67.2 Å². The van der Waals surface area contributed by atoms with Crippen LogP contribution in [0.15, 0.2) is 146 Å². The van der Waals surface area contributed by atoms with Gasteiger partial charge in [-0.1, -0.05) is 123 Å². The Hall–Kier alpha value is -5.33. The molecule has 5 aromatic carbocycles. The summed E-state index contributed by atoms with van der Waals surface area (Å²) in [5.74, 6) is -0.875. The Balaban J connectivity index is 1.57. The molecule has 6 rings (SSSR count). The van der Waals surface area contributed by atoms with Crippen molar-refractivity contribution in [3.05, 3.63) is 180 Å². The maximum absolute atomic E-state index is 13.9. The largest absolute Gasteiger partial charge is 0.378 e. The number of carbonyl (C=O) groups is 1. The summed E-state index contributed by atoms with van der Waals surface area (Å²) in [6.07, 6.45) is 3.73. The molecule has 6 heteroatoms. The number of carbonyl (C=O) groups excluding carboxylic acids is 1. The predicted molar refractivity (Wildman–Crippen MR) is 181 cm³/mol. The monoisotopic (exact) mass is 609 g/mol. The lowest BCUT2D eigenvalue weighted by molar-refractivity contribution is -0.114. The average molecular weight is 610 g/mol. The molecule has 6 aromatic rings. The molecule has 0 radical (unpaired) electrons. The van der Waals surface area contributed by atoms with E-state index in [2.05, 4.69) is 46.3 Å². The molecule has 0 fully saturated rings. The number of hydrogen-bond donors (Lipinski definition) is 2. The standard InChI is InChI=1S/C40H36FN3O2/c1-28(2)40(46,34-21-24-37(43-29(3)45)36(25-34)30-19-22-35(41)23-20-30)38-26-44(27-42-38)39(31-13-7-4-8-14-31,32-15-9-5-10-16-32)33-17-11-6-12-18-33/h4-28,46H,1-3H3,(H,43,45). The van der Waals surface area contributed by atoms with Gasteiger partial charge in [0.2, 0.25) is 5.91 Å². The van der Waals surface area contributed by atoms with Gasteiger partial charge in [0, 0.05) is 24.4 Å². The van der Waals surface area contributed by atoms with Gasteiger partial charge in [-0.2, -0.15) is 0 Å². The van der Waals surface area contributed by atoms with Gasteiger partial charge in [0.25, 0.3) is 0 Å². The lowest BCUT2D eigenvalue weighted by Crippen LogP contribution is -2.37. The van der Waals surface area contributed by atoms with E-state index in [1.54, 1.807) is 24.5 Å². The summed E-state index contributed by atoms with van der Waals surface area (Å²) in [5, 5.41) is 15.6. The van der Waals surface area contributed by atoms with Gasteiger partial charge < -0.3 is 15.0 Å². The molecule has 230 valence electrons. The van der Waals surface area contributed by atoms with E-state index in [0.717, 1.165) is 16.7 Å². The highest BCUT2D eigenvalue weighted by molar-refractivity contribution is 5.94. The van der Waals surface area contributed by atoms with Crippen LogP contribution in [-0.4, -0.2) is 20.6 Å². The third-order valence-corrected chi connectivity index (χ3v) is 8.70. The maximum Gasteiger partial charge on any atom is 0.221 e. The highest BCUT2D eigenvalue weighted by atomic mass is 19.1. The van der Waals surface area contributed by atoms with Gasteiger partial charge in [0.05, 0.1) is 12.0 Å². The number of nitrogens with one attached hydrogen (secondary N) is 1. The molecule has 0 aliphatic carbocycles. The van der Waals surface area contributed by atoms with E-state index in [1.807, 2.05) is 86.8 Å². The molecule has 0 aliphatic heterocycles. The molecule has 0 saturated carbocycles. The SMILES string of the molecule is CC(=O)Nc1ccc(C(O)(c2cn(C(c3ccccc3)(c3ccccc3)c3ccccc3)cn2)C(C)C)cc1-c1ccc(F)cc1. The van der Waals surface area contributed by atoms with Gasteiger partial charge in [-0.25, -0.2) is 9.37 Å². The Morgan fingerprint density at radius 2 is 1.28 bits per heavy atom. The quantitative estimate of drug-likeness (QED) is 0.162. The van der Waals surface area contributed by atoms with E-state index in [-0.39, 0.29) is 17.6 Å². The number of benzene rings is 5. The zero-order valence-corrected chi connectivity index (χ0v) is 26.1. The summed E-state index contributed by atoms with van der Waals surface area (Å²) in [6, 6.07) is 42.4. The molecule has 46 heavy (non-hydrogen) atoms. The van der Waals surface area contributed by atoms with Crippen LogP contribution in [0.2, 0.25) is 0 Å². The molecule has 0 aliphatic rings. The van der Waals surface area contributed by atoms with Crippen molar-refractivity contribution in [2.75, 3.05) is 5.32 Å². The lowest BCUT2D eigenvalue weighted by Gasteiger charge is -2.37. The van der Waals surface area contributed by atoms with Gasteiger partial charge in [-0.3, -0.25) is 4.79 Å².